The Kier molecular flexibility index (Phi) is 5.78. The van der Waals surface area contributed by atoms with Crippen LogP contribution in [0, 0.1) is 0 Å². The summed E-state index contributed by atoms with van der Waals surface area (Å²) >= 11 is 0. The van der Waals surface area contributed by atoms with Gasteiger partial charge in [0.15, 0.2) is 0 Å². The molecule has 35 heavy (non-hydrogen) atoms. The molecule has 1 fully saturated rings. The molecular formula is C27H24N2O6. The Morgan fingerprint density at radius 2 is 1.80 bits per heavy atom. The monoisotopic (exact) mass is 472 g/mol. The maximum Gasteiger partial charge on any atom is 0.295 e. The van der Waals surface area contributed by atoms with E-state index in [1.165, 1.54) is 11.2 Å². The summed E-state index contributed by atoms with van der Waals surface area (Å²) in [5.74, 6) is 0.0552. The van der Waals surface area contributed by atoms with Crippen LogP contribution in [0.15, 0.2) is 77.0 Å². The number of H-pyrrole nitrogens is 1. The Balaban J connectivity index is 1.51. The van der Waals surface area contributed by atoms with Crippen LogP contribution in [-0.4, -0.2) is 47.4 Å². The number of ketones is 1. The van der Waals surface area contributed by atoms with Crippen LogP contribution in [0.3, 0.4) is 0 Å². The minimum absolute atomic E-state index is 0.00397. The molecule has 1 amide bonds. The van der Waals surface area contributed by atoms with E-state index in [1.54, 1.807) is 50.6 Å². The number of hydrogen-bond donors (Lipinski definition) is 2. The van der Waals surface area contributed by atoms with Gasteiger partial charge in [-0.3, -0.25) is 9.59 Å². The maximum absolute atomic E-state index is 13.1. The molecule has 2 N–H and O–H groups in total. The number of methoxy groups -OCH3 is 2. The Labute approximate surface area is 201 Å². The number of aromatic nitrogens is 1. The minimum Gasteiger partial charge on any atom is -0.507 e. The summed E-state index contributed by atoms with van der Waals surface area (Å²) in [7, 11) is 3.15. The van der Waals surface area contributed by atoms with Gasteiger partial charge in [0, 0.05) is 29.2 Å². The predicted molar refractivity (Wildman–Crippen MR) is 129 cm³/mol. The van der Waals surface area contributed by atoms with Gasteiger partial charge in [-0.25, -0.2) is 0 Å². The Morgan fingerprint density at radius 1 is 1.06 bits per heavy atom. The van der Waals surface area contributed by atoms with Gasteiger partial charge in [0.25, 0.3) is 11.7 Å². The van der Waals surface area contributed by atoms with E-state index in [-0.39, 0.29) is 17.9 Å². The van der Waals surface area contributed by atoms with Crippen molar-refractivity contribution in [3.8, 4) is 11.5 Å². The van der Waals surface area contributed by atoms with Gasteiger partial charge >= 0.3 is 0 Å². The largest absolute Gasteiger partial charge is 0.507 e. The number of carbonyl (C=O) groups is 2. The van der Waals surface area contributed by atoms with Gasteiger partial charge < -0.3 is 28.9 Å². The van der Waals surface area contributed by atoms with Crippen LogP contribution in [0.4, 0.5) is 0 Å². The van der Waals surface area contributed by atoms with Crippen molar-refractivity contribution >= 4 is 28.4 Å². The van der Waals surface area contributed by atoms with E-state index in [1.807, 2.05) is 24.4 Å². The Hall–Kier alpha value is -4.46. The van der Waals surface area contributed by atoms with Crippen molar-refractivity contribution in [2.45, 2.75) is 12.5 Å². The average molecular weight is 472 g/mol. The van der Waals surface area contributed by atoms with Crippen LogP contribution >= 0.6 is 0 Å². The highest BCUT2D eigenvalue weighted by molar-refractivity contribution is 6.46. The van der Waals surface area contributed by atoms with Crippen molar-refractivity contribution in [2.24, 2.45) is 0 Å². The quantitative estimate of drug-likeness (QED) is 0.234. The first-order chi connectivity index (χ1) is 17.0. The molecule has 1 unspecified atom stereocenters. The second-order valence-corrected chi connectivity index (χ2v) is 8.21. The van der Waals surface area contributed by atoms with Gasteiger partial charge in [0.05, 0.1) is 26.1 Å². The third-order valence-electron chi connectivity index (χ3n) is 6.31. The lowest BCUT2D eigenvalue weighted by Gasteiger charge is -2.23. The molecule has 4 aromatic rings. The third-order valence-corrected chi connectivity index (χ3v) is 6.31. The summed E-state index contributed by atoms with van der Waals surface area (Å²) < 4.78 is 16.1. The number of rotatable bonds is 7. The zero-order chi connectivity index (χ0) is 24.5. The number of fused-ring (bicyclic) bond motifs is 1. The third kappa shape index (κ3) is 3.93. The van der Waals surface area contributed by atoms with Gasteiger partial charge in [-0.2, -0.15) is 0 Å². The van der Waals surface area contributed by atoms with Gasteiger partial charge in [-0.05, 0) is 66.6 Å². The smallest absolute Gasteiger partial charge is 0.295 e. The standard InChI is InChI=1S/C27H24N2O6/c1-33-18-7-5-16(6-8-18)25(30)23-24(22-4-3-13-35-22)29(27(32)26(23)31)12-11-17-15-28-21-10-9-19(34-2)14-20(17)21/h3-10,13-15,24,28,30H,11-12H2,1-2H3/b25-23-. The van der Waals surface area contributed by atoms with E-state index in [9.17, 15) is 14.7 Å². The molecule has 8 heteroatoms. The number of nitrogens with one attached hydrogen (secondary N) is 1. The Bertz CT molecular complexity index is 1420. The van der Waals surface area contributed by atoms with Crippen molar-refractivity contribution < 1.29 is 28.6 Å². The molecule has 0 spiro atoms. The SMILES string of the molecule is COc1ccc(/C(O)=C2/C(=O)C(=O)N(CCc3c[nH]c4ccc(OC)cc34)C2c2ccco2)cc1. The normalized spacial score (nSPS) is 17.3. The summed E-state index contributed by atoms with van der Waals surface area (Å²) in [4.78, 5) is 30.9. The summed E-state index contributed by atoms with van der Waals surface area (Å²) in [6.07, 6.45) is 3.86. The van der Waals surface area contributed by atoms with Gasteiger partial charge in [-0.1, -0.05) is 0 Å². The summed E-state index contributed by atoms with van der Waals surface area (Å²) in [5.41, 5.74) is 2.33. The van der Waals surface area contributed by atoms with Crippen molar-refractivity contribution in [1.29, 1.82) is 0 Å². The number of nitrogens with zero attached hydrogens (tertiary/aromatic N) is 1. The van der Waals surface area contributed by atoms with Crippen molar-refractivity contribution in [3.05, 3.63) is 89.5 Å². The fourth-order valence-corrected chi connectivity index (χ4v) is 4.49. The molecule has 178 valence electrons. The molecule has 0 saturated carbocycles. The first kappa shape index (κ1) is 22.3. The zero-order valence-corrected chi connectivity index (χ0v) is 19.3. The molecule has 1 atom stereocenters. The number of hydrogen-bond acceptors (Lipinski definition) is 6. The number of aromatic amines is 1. The lowest BCUT2D eigenvalue weighted by molar-refractivity contribution is -0.140. The second kappa shape index (κ2) is 9.06. The van der Waals surface area contributed by atoms with Crippen LogP contribution in [0.5, 0.6) is 11.5 Å². The molecule has 2 aromatic carbocycles. The van der Waals surface area contributed by atoms with Gasteiger partial charge in [0.1, 0.15) is 29.1 Å². The molecule has 8 nitrogen and oxygen atoms in total. The summed E-state index contributed by atoms with van der Waals surface area (Å²) in [5, 5.41) is 12.1. The zero-order valence-electron chi connectivity index (χ0n) is 19.3. The first-order valence-electron chi connectivity index (χ1n) is 11.1. The van der Waals surface area contributed by atoms with E-state index in [0.29, 0.717) is 23.5 Å². The molecule has 1 aliphatic heterocycles. The number of aliphatic hydroxyl groups excluding tert-OH is 1. The van der Waals surface area contributed by atoms with Crippen molar-refractivity contribution in [2.75, 3.05) is 20.8 Å². The fourth-order valence-electron chi connectivity index (χ4n) is 4.49. The number of Topliss-reactive ketones (excluding diaryl/α,β-unsaturated/α-hetero) is 1. The lowest BCUT2D eigenvalue weighted by atomic mass is 9.99. The topological polar surface area (TPSA) is 105 Å². The van der Waals surface area contributed by atoms with E-state index >= 15 is 0 Å². The van der Waals surface area contributed by atoms with E-state index < -0.39 is 17.7 Å². The minimum atomic E-state index is -0.841. The van der Waals surface area contributed by atoms with Crippen LogP contribution in [0.1, 0.15) is 22.9 Å². The van der Waals surface area contributed by atoms with Crippen LogP contribution in [0.25, 0.3) is 16.7 Å². The van der Waals surface area contributed by atoms with E-state index in [4.69, 9.17) is 13.9 Å². The number of ether oxygens (including phenoxy) is 2. The van der Waals surface area contributed by atoms with Crippen LogP contribution in [0.2, 0.25) is 0 Å². The number of amides is 1. The summed E-state index contributed by atoms with van der Waals surface area (Å²) in [6.45, 7) is 0.249. The highest BCUT2D eigenvalue weighted by Gasteiger charge is 2.47. The molecule has 0 radical (unpaired) electrons. The van der Waals surface area contributed by atoms with E-state index in [0.717, 1.165) is 22.2 Å². The maximum atomic E-state index is 13.1. The number of aliphatic hydroxyl groups is 1. The lowest BCUT2D eigenvalue weighted by Crippen LogP contribution is -2.31. The van der Waals surface area contributed by atoms with Crippen LogP contribution < -0.4 is 9.47 Å². The molecule has 1 saturated heterocycles. The molecular weight excluding hydrogens is 448 g/mol. The number of carbonyl (C=O) groups excluding carboxylic acids is 2. The average Bonchev–Trinajstić information content (AvgIpc) is 3.61. The Morgan fingerprint density at radius 3 is 2.49 bits per heavy atom. The molecule has 0 bridgehead atoms. The summed E-state index contributed by atoms with van der Waals surface area (Å²) in [6, 6.07) is 14.9. The van der Waals surface area contributed by atoms with Crippen molar-refractivity contribution in [3.63, 3.8) is 0 Å². The highest BCUT2D eigenvalue weighted by Crippen LogP contribution is 2.40. The number of likely N-dealkylation sites (tertiary alicyclic amines) is 1. The fraction of sp³-hybridized carbons (Fsp3) is 0.185. The molecule has 1 aliphatic rings. The molecule has 3 heterocycles. The highest BCUT2D eigenvalue weighted by atomic mass is 16.5. The van der Waals surface area contributed by atoms with E-state index in [2.05, 4.69) is 4.98 Å². The first-order valence-corrected chi connectivity index (χ1v) is 11.1. The molecule has 2 aromatic heterocycles. The van der Waals surface area contributed by atoms with Gasteiger partial charge in [-0.15, -0.1) is 0 Å². The van der Waals surface area contributed by atoms with Gasteiger partial charge in [0.2, 0.25) is 0 Å². The molecule has 5 rings (SSSR count). The van der Waals surface area contributed by atoms with Crippen LogP contribution in [-0.2, 0) is 16.0 Å². The number of furan rings is 1. The predicted octanol–water partition coefficient (Wildman–Crippen LogP) is 4.44. The molecule has 0 aliphatic carbocycles. The number of benzene rings is 2. The van der Waals surface area contributed by atoms with Crippen molar-refractivity contribution in [1.82, 2.24) is 9.88 Å². The second-order valence-electron chi connectivity index (χ2n) is 8.21.